The van der Waals surface area contributed by atoms with Crippen LogP contribution in [0.3, 0.4) is 0 Å². The Hall–Kier alpha value is -1.09. The first-order chi connectivity index (χ1) is 9.54. The van der Waals surface area contributed by atoms with Crippen LogP contribution in [0.25, 0.3) is 11.2 Å². The van der Waals surface area contributed by atoms with Gasteiger partial charge in [-0.05, 0) is 50.7 Å². The summed E-state index contributed by atoms with van der Waals surface area (Å²) < 4.78 is 2.27. The van der Waals surface area contributed by atoms with Crippen molar-refractivity contribution in [1.29, 1.82) is 0 Å². The number of rotatable bonds is 5. The van der Waals surface area contributed by atoms with Gasteiger partial charge in [0.1, 0.15) is 11.3 Å². The minimum Gasteiger partial charge on any atom is -0.311 e. The van der Waals surface area contributed by atoms with Crippen LogP contribution in [-0.2, 0) is 6.54 Å². The Morgan fingerprint density at radius 1 is 1.35 bits per heavy atom. The molecule has 108 valence electrons. The molecule has 2 heterocycles. The zero-order valence-electron chi connectivity index (χ0n) is 12.5. The zero-order chi connectivity index (χ0) is 14.3. The molecule has 1 saturated carbocycles. The van der Waals surface area contributed by atoms with Gasteiger partial charge in [0, 0.05) is 12.2 Å². The quantitative estimate of drug-likeness (QED) is 0.753. The second-order valence-electron chi connectivity index (χ2n) is 6.22. The van der Waals surface area contributed by atoms with Crippen LogP contribution in [0.4, 0.5) is 0 Å². The smallest absolute Gasteiger partial charge is 0.160 e. The van der Waals surface area contributed by atoms with Crippen molar-refractivity contribution in [2.75, 3.05) is 0 Å². The fourth-order valence-corrected chi connectivity index (χ4v) is 3.27. The van der Waals surface area contributed by atoms with E-state index in [1.54, 1.807) is 0 Å². The zero-order valence-corrected chi connectivity index (χ0v) is 13.2. The average Bonchev–Trinajstić information content (AvgIpc) is 3.06. The Morgan fingerprint density at radius 3 is 2.70 bits per heavy atom. The molecule has 3 rings (SSSR count). The number of hydrogen-bond acceptors (Lipinski definition) is 2. The minimum absolute atomic E-state index is 0.0815. The summed E-state index contributed by atoms with van der Waals surface area (Å²) in [5.41, 5.74) is 3.46. The van der Waals surface area contributed by atoms with Crippen LogP contribution >= 0.6 is 11.6 Å². The monoisotopic (exact) mass is 291 g/mol. The summed E-state index contributed by atoms with van der Waals surface area (Å²) >= 11 is 6.33. The molecule has 1 fully saturated rings. The normalized spacial score (nSPS) is 18.4. The molecule has 1 unspecified atom stereocenters. The number of fused-ring (bicyclic) bond motifs is 1. The predicted molar refractivity (Wildman–Crippen MR) is 83.1 cm³/mol. The van der Waals surface area contributed by atoms with Gasteiger partial charge in [-0.3, -0.25) is 0 Å². The van der Waals surface area contributed by atoms with Gasteiger partial charge in [0.25, 0.3) is 0 Å². The second-order valence-corrected chi connectivity index (χ2v) is 6.87. The summed E-state index contributed by atoms with van der Waals surface area (Å²) in [5, 5.41) is -0.0815. The molecule has 0 amide bonds. The Bertz CT molecular complexity index is 626. The van der Waals surface area contributed by atoms with Crippen LogP contribution in [-0.4, -0.2) is 14.5 Å². The lowest BCUT2D eigenvalue weighted by atomic mass is 10.0. The van der Waals surface area contributed by atoms with E-state index in [0.29, 0.717) is 5.41 Å². The fourth-order valence-electron chi connectivity index (χ4n) is 3.10. The van der Waals surface area contributed by atoms with E-state index in [9.17, 15) is 0 Å². The van der Waals surface area contributed by atoms with Crippen LogP contribution < -0.4 is 0 Å². The van der Waals surface area contributed by atoms with Crippen LogP contribution in [0.2, 0.25) is 0 Å². The van der Waals surface area contributed by atoms with Crippen LogP contribution in [0.1, 0.15) is 56.4 Å². The lowest BCUT2D eigenvalue weighted by Gasteiger charge is -2.18. The molecule has 0 N–H and O–H groups in total. The largest absolute Gasteiger partial charge is 0.311 e. The number of imidazole rings is 1. The third-order valence-corrected chi connectivity index (χ3v) is 4.54. The van der Waals surface area contributed by atoms with Gasteiger partial charge in [0.05, 0.1) is 5.38 Å². The highest BCUT2D eigenvalue weighted by atomic mass is 35.5. The Morgan fingerprint density at radius 2 is 2.10 bits per heavy atom. The molecule has 2 aromatic rings. The maximum atomic E-state index is 6.33. The molecule has 4 heteroatoms. The summed E-state index contributed by atoms with van der Waals surface area (Å²) in [6, 6.07) is 4.07. The number of alkyl halides is 1. The van der Waals surface area contributed by atoms with E-state index in [1.165, 1.54) is 25.7 Å². The first-order valence-electron chi connectivity index (χ1n) is 7.52. The topological polar surface area (TPSA) is 30.7 Å². The summed E-state index contributed by atoms with van der Waals surface area (Å²) in [4.78, 5) is 9.39. The molecule has 0 radical (unpaired) electrons. The average molecular weight is 292 g/mol. The first-order valence-corrected chi connectivity index (χ1v) is 7.96. The molecule has 0 saturated heterocycles. The molecule has 0 spiro atoms. The molecular weight excluding hydrogens is 270 g/mol. The van der Waals surface area contributed by atoms with Gasteiger partial charge in [-0.25, -0.2) is 9.97 Å². The number of hydrogen-bond donors (Lipinski definition) is 0. The summed E-state index contributed by atoms with van der Waals surface area (Å²) in [5.74, 6) is 0.960. The third-order valence-electron chi connectivity index (χ3n) is 4.35. The Kier molecular flexibility index (Phi) is 3.49. The number of halogens is 1. The molecule has 1 aliphatic rings. The van der Waals surface area contributed by atoms with Crippen LogP contribution in [0.5, 0.6) is 0 Å². The van der Waals surface area contributed by atoms with Crippen molar-refractivity contribution < 1.29 is 0 Å². The standard InChI is InChI=1S/C16H22ClN3/c1-4-7-16(8-9-16)10-20-14(12(3)17)19-13-6-5-11(2)18-15(13)20/h5-6,12H,4,7-10H2,1-3H3. The van der Waals surface area contributed by atoms with Gasteiger partial charge in [0.15, 0.2) is 5.65 Å². The number of nitrogens with zero attached hydrogens (tertiary/aromatic N) is 3. The van der Waals surface area contributed by atoms with Gasteiger partial charge in [0.2, 0.25) is 0 Å². The maximum Gasteiger partial charge on any atom is 0.160 e. The van der Waals surface area contributed by atoms with E-state index >= 15 is 0 Å². The van der Waals surface area contributed by atoms with Crippen LogP contribution in [0, 0.1) is 12.3 Å². The van der Waals surface area contributed by atoms with Gasteiger partial charge in [-0.15, -0.1) is 11.6 Å². The van der Waals surface area contributed by atoms with E-state index in [0.717, 1.165) is 29.2 Å². The van der Waals surface area contributed by atoms with Gasteiger partial charge in [-0.2, -0.15) is 0 Å². The van der Waals surface area contributed by atoms with E-state index in [-0.39, 0.29) is 5.38 Å². The van der Waals surface area contributed by atoms with Crippen molar-refractivity contribution in [3.05, 3.63) is 23.7 Å². The fraction of sp³-hybridized carbons (Fsp3) is 0.625. The van der Waals surface area contributed by atoms with E-state index in [1.807, 2.05) is 19.9 Å². The lowest BCUT2D eigenvalue weighted by Crippen LogP contribution is -2.15. The number of aryl methyl sites for hydroxylation is 1. The van der Waals surface area contributed by atoms with Crippen molar-refractivity contribution in [1.82, 2.24) is 14.5 Å². The number of pyridine rings is 1. The van der Waals surface area contributed by atoms with Gasteiger partial charge in [-0.1, -0.05) is 13.3 Å². The van der Waals surface area contributed by atoms with Gasteiger partial charge < -0.3 is 4.57 Å². The third kappa shape index (κ3) is 2.44. The van der Waals surface area contributed by atoms with Crippen molar-refractivity contribution in [2.24, 2.45) is 5.41 Å². The number of aromatic nitrogens is 3. The SMILES string of the molecule is CCCC1(Cn2c(C(C)Cl)nc3ccc(C)nc32)CC1. The second kappa shape index (κ2) is 5.03. The molecular formula is C16H22ClN3. The van der Waals surface area contributed by atoms with E-state index < -0.39 is 0 Å². The predicted octanol–water partition coefficient (Wildman–Crippen LogP) is 4.62. The Balaban J connectivity index is 2.06. The highest BCUT2D eigenvalue weighted by Gasteiger charge is 2.42. The first kappa shape index (κ1) is 13.9. The van der Waals surface area contributed by atoms with Crippen molar-refractivity contribution in [3.63, 3.8) is 0 Å². The summed E-state index contributed by atoms with van der Waals surface area (Å²) in [7, 11) is 0. The van der Waals surface area contributed by atoms with Crippen molar-refractivity contribution in [2.45, 2.75) is 58.4 Å². The van der Waals surface area contributed by atoms with E-state index in [4.69, 9.17) is 21.6 Å². The summed E-state index contributed by atoms with van der Waals surface area (Å²) in [6.45, 7) is 7.30. The molecule has 2 aromatic heterocycles. The highest BCUT2D eigenvalue weighted by Crippen LogP contribution is 2.51. The van der Waals surface area contributed by atoms with Crippen molar-refractivity contribution >= 4 is 22.8 Å². The lowest BCUT2D eigenvalue weighted by molar-refractivity contribution is 0.386. The van der Waals surface area contributed by atoms with Crippen LogP contribution in [0.15, 0.2) is 12.1 Å². The Labute approximate surface area is 125 Å². The van der Waals surface area contributed by atoms with Crippen molar-refractivity contribution in [3.8, 4) is 0 Å². The summed E-state index contributed by atoms with van der Waals surface area (Å²) in [6.07, 6.45) is 5.17. The molecule has 0 bridgehead atoms. The molecule has 0 aromatic carbocycles. The maximum absolute atomic E-state index is 6.33. The highest BCUT2D eigenvalue weighted by molar-refractivity contribution is 6.20. The van der Waals surface area contributed by atoms with E-state index in [2.05, 4.69) is 17.6 Å². The molecule has 1 atom stereocenters. The molecule has 3 nitrogen and oxygen atoms in total. The molecule has 20 heavy (non-hydrogen) atoms. The molecule has 0 aliphatic heterocycles. The molecule has 1 aliphatic carbocycles. The van der Waals surface area contributed by atoms with Gasteiger partial charge >= 0.3 is 0 Å². The minimum atomic E-state index is -0.0815.